The number of halogens is 2. The quantitative estimate of drug-likeness (QED) is 0.651. The molecule has 0 aliphatic carbocycles. The second kappa shape index (κ2) is 6.83. The van der Waals surface area contributed by atoms with Crippen molar-refractivity contribution in [2.24, 2.45) is 0 Å². The lowest BCUT2D eigenvalue weighted by Crippen LogP contribution is -2.09. The summed E-state index contributed by atoms with van der Waals surface area (Å²) in [7, 11) is 1.30. The minimum atomic E-state index is -0.537. The summed E-state index contributed by atoms with van der Waals surface area (Å²) in [6.45, 7) is 0.222. The van der Waals surface area contributed by atoms with E-state index in [4.69, 9.17) is 26.8 Å². The Morgan fingerprint density at radius 1 is 1.33 bits per heavy atom. The Labute approximate surface area is 135 Å². The number of methoxy groups -OCH3 is 1. The van der Waals surface area contributed by atoms with Crippen molar-refractivity contribution in [2.45, 2.75) is 6.61 Å². The van der Waals surface area contributed by atoms with Crippen LogP contribution in [-0.4, -0.2) is 13.1 Å². The smallest absolute Gasteiger partial charge is 0.343 e. The third-order valence-electron chi connectivity index (χ3n) is 2.85. The normalized spacial score (nSPS) is 10.2. The van der Waals surface area contributed by atoms with Crippen LogP contribution < -0.4 is 10.5 Å². The Balaban J connectivity index is 2.24. The lowest BCUT2D eigenvalue weighted by molar-refractivity contribution is 0.0597. The molecule has 0 aliphatic heterocycles. The van der Waals surface area contributed by atoms with E-state index < -0.39 is 5.97 Å². The Hall–Kier alpha value is -1.72. The molecule has 0 radical (unpaired) electrons. The highest BCUT2D eigenvalue weighted by molar-refractivity contribution is 9.10. The molecule has 2 aromatic rings. The van der Waals surface area contributed by atoms with Crippen LogP contribution in [0.25, 0.3) is 0 Å². The van der Waals surface area contributed by atoms with Crippen molar-refractivity contribution in [3.05, 3.63) is 57.0 Å². The lowest BCUT2D eigenvalue weighted by Gasteiger charge is -2.13. The van der Waals surface area contributed by atoms with E-state index in [0.29, 0.717) is 16.5 Å². The zero-order valence-corrected chi connectivity index (χ0v) is 13.6. The predicted octanol–water partition coefficient (Wildman–Crippen LogP) is 4.05. The van der Waals surface area contributed by atoms with Gasteiger partial charge in [0.05, 0.1) is 7.11 Å². The zero-order chi connectivity index (χ0) is 15.4. The summed E-state index contributed by atoms with van der Waals surface area (Å²) in [5, 5.41) is 0.577. The molecular weight excluding hydrogens is 358 g/mol. The highest BCUT2D eigenvalue weighted by Gasteiger charge is 2.17. The molecule has 4 nitrogen and oxygen atoms in total. The summed E-state index contributed by atoms with van der Waals surface area (Å²) in [6, 6.07) is 10.5. The summed E-state index contributed by atoms with van der Waals surface area (Å²) in [5.74, 6) is -0.175. The number of carbonyl (C=O) groups is 1. The summed E-state index contributed by atoms with van der Waals surface area (Å²) in [4.78, 5) is 11.8. The van der Waals surface area contributed by atoms with E-state index in [0.717, 1.165) is 10.0 Å². The van der Waals surface area contributed by atoms with Gasteiger partial charge in [0.1, 0.15) is 17.9 Å². The van der Waals surface area contributed by atoms with E-state index in [1.54, 1.807) is 24.3 Å². The predicted molar refractivity (Wildman–Crippen MR) is 85.7 cm³/mol. The van der Waals surface area contributed by atoms with Gasteiger partial charge in [-0.15, -0.1) is 0 Å². The van der Waals surface area contributed by atoms with Crippen LogP contribution in [0.4, 0.5) is 5.69 Å². The van der Waals surface area contributed by atoms with E-state index in [9.17, 15) is 4.79 Å². The molecule has 0 amide bonds. The number of esters is 1. The molecule has 0 unspecified atom stereocenters. The maximum absolute atomic E-state index is 11.8. The van der Waals surface area contributed by atoms with Crippen molar-refractivity contribution in [3.63, 3.8) is 0 Å². The van der Waals surface area contributed by atoms with Crippen LogP contribution in [0.1, 0.15) is 15.9 Å². The average Bonchev–Trinajstić information content (AvgIpc) is 2.45. The molecule has 0 aromatic heterocycles. The molecule has 21 heavy (non-hydrogen) atoms. The molecule has 0 spiro atoms. The maximum Gasteiger partial charge on any atom is 0.343 e. The van der Waals surface area contributed by atoms with Crippen LogP contribution in [0.15, 0.2) is 40.9 Å². The Kier molecular flexibility index (Phi) is 5.09. The number of carbonyl (C=O) groups excluding carboxylic acids is 1. The van der Waals surface area contributed by atoms with E-state index in [1.807, 2.05) is 12.1 Å². The molecule has 0 bridgehead atoms. The number of ether oxygens (including phenoxy) is 2. The molecule has 2 aromatic carbocycles. The van der Waals surface area contributed by atoms with Crippen molar-refractivity contribution in [1.29, 1.82) is 0 Å². The van der Waals surface area contributed by atoms with E-state index in [2.05, 4.69) is 15.9 Å². The molecule has 0 fully saturated rings. The minimum absolute atomic E-state index is 0.216. The van der Waals surface area contributed by atoms with Crippen LogP contribution >= 0.6 is 27.5 Å². The number of nitrogen functional groups attached to an aromatic ring is 1. The van der Waals surface area contributed by atoms with Gasteiger partial charge in [0.2, 0.25) is 0 Å². The Bertz CT molecular complexity index is 676. The first-order chi connectivity index (χ1) is 10.0. The van der Waals surface area contributed by atoms with Gasteiger partial charge in [-0.3, -0.25) is 0 Å². The van der Waals surface area contributed by atoms with Crippen LogP contribution in [0, 0.1) is 0 Å². The first-order valence-electron chi connectivity index (χ1n) is 6.06. The monoisotopic (exact) mass is 369 g/mol. The van der Waals surface area contributed by atoms with Gasteiger partial charge in [0, 0.05) is 20.7 Å². The number of anilines is 1. The fraction of sp³-hybridized carbons (Fsp3) is 0.133. The Morgan fingerprint density at radius 2 is 2.10 bits per heavy atom. The molecule has 0 saturated heterocycles. The summed E-state index contributed by atoms with van der Waals surface area (Å²) in [5.41, 5.74) is 7.13. The van der Waals surface area contributed by atoms with Crippen molar-refractivity contribution >= 4 is 39.2 Å². The summed E-state index contributed by atoms with van der Waals surface area (Å²) < 4.78 is 11.3. The number of nitrogens with two attached hydrogens (primary N) is 1. The third kappa shape index (κ3) is 3.68. The van der Waals surface area contributed by atoms with E-state index in [-0.39, 0.29) is 12.2 Å². The number of rotatable bonds is 4. The third-order valence-corrected chi connectivity index (χ3v) is 3.69. The van der Waals surface area contributed by atoms with Gasteiger partial charge in [-0.1, -0.05) is 39.7 Å². The van der Waals surface area contributed by atoms with Gasteiger partial charge in [-0.2, -0.15) is 0 Å². The topological polar surface area (TPSA) is 61.5 Å². The molecule has 2 N–H and O–H groups in total. The highest BCUT2D eigenvalue weighted by Crippen LogP contribution is 2.28. The van der Waals surface area contributed by atoms with Gasteiger partial charge in [-0.25, -0.2) is 4.79 Å². The molecule has 0 heterocycles. The second-order valence-corrected chi connectivity index (χ2v) is 5.56. The summed E-state index contributed by atoms with van der Waals surface area (Å²) in [6.07, 6.45) is 0. The van der Waals surface area contributed by atoms with Gasteiger partial charge >= 0.3 is 5.97 Å². The highest BCUT2D eigenvalue weighted by atomic mass is 79.9. The summed E-state index contributed by atoms with van der Waals surface area (Å²) >= 11 is 9.47. The molecule has 0 saturated carbocycles. The molecule has 110 valence electrons. The van der Waals surface area contributed by atoms with E-state index in [1.165, 1.54) is 7.11 Å². The van der Waals surface area contributed by atoms with Crippen LogP contribution in [0.5, 0.6) is 5.75 Å². The SMILES string of the molecule is COC(=O)c1c(N)cccc1OCc1ccc(Br)cc1Cl. The van der Waals surface area contributed by atoms with Crippen molar-refractivity contribution < 1.29 is 14.3 Å². The van der Waals surface area contributed by atoms with E-state index >= 15 is 0 Å². The van der Waals surface area contributed by atoms with Crippen LogP contribution in [-0.2, 0) is 11.3 Å². The van der Waals surface area contributed by atoms with Gasteiger partial charge in [-0.05, 0) is 24.3 Å². The van der Waals surface area contributed by atoms with Crippen LogP contribution in [0.2, 0.25) is 5.02 Å². The minimum Gasteiger partial charge on any atom is -0.488 e. The second-order valence-electron chi connectivity index (χ2n) is 4.24. The van der Waals surface area contributed by atoms with Crippen molar-refractivity contribution in [3.8, 4) is 5.75 Å². The molecule has 6 heteroatoms. The van der Waals surface area contributed by atoms with Gasteiger partial charge < -0.3 is 15.2 Å². The molecular formula is C15H13BrClNO3. The van der Waals surface area contributed by atoms with Gasteiger partial charge in [0.15, 0.2) is 0 Å². The Morgan fingerprint density at radius 3 is 2.76 bits per heavy atom. The number of hydrogen-bond donors (Lipinski definition) is 1. The number of hydrogen-bond acceptors (Lipinski definition) is 4. The molecule has 0 aliphatic rings. The van der Waals surface area contributed by atoms with Crippen LogP contribution in [0.3, 0.4) is 0 Å². The fourth-order valence-electron chi connectivity index (χ4n) is 1.78. The number of benzene rings is 2. The molecule has 2 rings (SSSR count). The maximum atomic E-state index is 11.8. The fourth-order valence-corrected chi connectivity index (χ4v) is 2.51. The van der Waals surface area contributed by atoms with Crippen molar-refractivity contribution in [2.75, 3.05) is 12.8 Å². The zero-order valence-electron chi connectivity index (χ0n) is 11.2. The largest absolute Gasteiger partial charge is 0.488 e. The average molecular weight is 371 g/mol. The molecule has 0 atom stereocenters. The first-order valence-corrected chi connectivity index (χ1v) is 7.23. The lowest BCUT2D eigenvalue weighted by atomic mass is 10.1. The standard InChI is InChI=1S/C15H13BrClNO3/c1-20-15(19)14-12(18)3-2-4-13(14)21-8-9-5-6-10(16)7-11(9)17/h2-7H,8,18H2,1H3. The van der Waals surface area contributed by atoms with Crippen molar-refractivity contribution in [1.82, 2.24) is 0 Å². The first kappa shape index (κ1) is 15.7. The van der Waals surface area contributed by atoms with Gasteiger partial charge in [0.25, 0.3) is 0 Å².